The molecule has 0 aromatic heterocycles. The average Bonchev–Trinajstić information content (AvgIpc) is 2.81. The first-order chi connectivity index (χ1) is 16.2. The van der Waals surface area contributed by atoms with Crippen LogP contribution in [0.1, 0.15) is 99.9 Å². The number of likely N-dealkylation sites (tertiary alicyclic amines) is 1. The Kier molecular flexibility index (Phi) is 11.8. The first-order valence-corrected chi connectivity index (χ1v) is 12.6. The first-order valence-electron chi connectivity index (χ1n) is 12.6. The van der Waals surface area contributed by atoms with Gasteiger partial charge in [-0.25, -0.2) is 4.39 Å². The fourth-order valence-corrected chi connectivity index (χ4v) is 4.26. The maximum absolute atomic E-state index is 13.8. The number of unbranched alkanes of at least 4 members (excludes halogenated alkanes) is 9. The molecule has 0 atom stereocenters. The Labute approximate surface area is 200 Å². The van der Waals surface area contributed by atoms with E-state index >= 15 is 0 Å². The van der Waals surface area contributed by atoms with Crippen molar-refractivity contribution in [2.75, 3.05) is 19.7 Å². The number of carbonyl (C=O) groups is 2. The lowest BCUT2D eigenvalue weighted by Crippen LogP contribution is -2.40. The second-order valence-corrected chi connectivity index (χ2v) is 9.11. The Morgan fingerprint density at radius 3 is 2.03 bits per heavy atom. The predicted octanol–water partition coefficient (Wildman–Crippen LogP) is 7.16. The fourth-order valence-electron chi connectivity index (χ4n) is 4.26. The van der Waals surface area contributed by atoms with E-state index in [1.807, 2.05) is 0 Å². The minimum Gasteiger partial charge on any atom is -0.465 e. The van der Waals surface area contributed by atoms with Crippen molar-refractivity contribution in [2.24, 2.45) is 5.92 Å². The highest BCUT2D eigenvalue weighted by molar-refractivity contribution is 5.94. The summed E-state index contributed by atoms with van der Waals surface area (Å²) in [7, 11) is 0. The minimum absolute atomic E-state index is 0.132. The van der Waals surface area contributed by atoms with Gasteiger partial charge in [0.15, 0.2) is 0 Å². The van der Waals surface area contributed by atoms with Gasteiger partial charge in [0.05, 0.1) is 18.1 Å². The van der Waals surface area contributed by atoms with Gasteiger partial charge >= 0.3 is 12.1 Å². The molecule has 1 saturated heterocycles. The third-order valence-electron chi connectivity index (χ3n) is 6.38. The van der Waals surface area contributed by atoms with Gasteiger partial charge in [-0.1, -0.05) is 64.7 Å². The molecule has 0 saturated carbocycles. The van der Waals surface area contributed by atoms with Gasteiger partial charge in [-0.3, -0.25) is 9.59 Å². The van der Waals surface area contributed by atoms with E-state index in [1.165, 1.54) is 49.8 Å². The molecule has 2 rings (SSSR count). The van der Waals surface area contributed by atoms with Gasteiger partial charge in [-0.15, -0.1) is 0 Å². The number of esters is 1. The minimum atomic E-state index is -4.81. The molecule has 1 heterocycles. The lowest BCUT2D eigenvalue weighted by atomic mass is 9.96. The third-order valence-corrected chi connectivity index (χ3v) is 6.38. The molecule has 1 aliphatic rings. The number of alkyl halides is 3. The molecular weight excluding hydrogens is 450 g/mol. The summed E-state index contributed by atoms with van der Waals surface area (Å²) in [6.45, 7) is 3.17. The molecule has 0 unspecified atom stereocenters. The van der Waals surface area contributed by atoms with Crippen molar-refractivity contribution in [1.82, 2.24) is 4.90 Å². The summed E-state index contributed by atoms with van der Waals surface area (Å²) in [5, 5.41) is 0. The van der Waals surface area contributed by atoms with Crippen LogP contribution < -0.4 is 0 Å². The van der Waals surface area contributed by atoms with Crippen LogP contribution in [0.15, 0.2) is 18.2 Å². The Morgan fingerprint density at radius 1 is 0.941 bits per heavy atom. The number of piperidine rings is 1. The normalized spacial score (nSPS) is 14.9. The van der Waals surface area contributed by atoms with Crippen LogP contribution in [0.3, 0.4) is 0 Å². The van der Waals surface area contributed by atoms with Crippen molar-refractivity contribution >= 4 is 11.9 Å². The standard InChI is InChI=1S/C26H37F4NO3/c1-2-3-4-5-6-7-8-9-10-11-18-34-25(33)20-14-16-31(17-15-20)24(32)21-12-13-22(23(27)19-21)26(28,29)30/h12-13,19-20H,2-11,14-18H2,1H3. The van der Waals surface area contributed by atoms with E-state index in [1.54, 1.807) is 0 Å². The largest absolute Gasteiger partial charge is 0.465 e. The van der Waals surface area contributed by atoms with Crippen LogP contribution in [0.5, 0.6) is 0 Å². The predicted molar refractivity (Wildman–Crippen MR) is 123 cm³/mol. The van der Waals surface area contributed by atoms with Crippen molar-refractivity contribution in [2.45, 2.75) is 90.1 Å². The maximum atomic E-state index is 13.8. The molecule has 0 radical (unpaired) electrons. The zero-order valence-corrected chi connectivity index (χ0v) is 20.1. The Hall–Kier alpha value is -2.12. The number of nitrogens with zero attached hydrogens (tertiary/aromatic N) is 1. The molecule has 1 amide bonds. The summed E-state index contributed by atoms with van der Waals surface area (Å²) in [5.41, 5.74) is -1.53. The molecule has 1 aliphatic heterocycles. The smallest absolute Gasteiger partial charge is 0.419 e. The summed E-state index contributed by atoms with van der Waals surface area (Å²) in [4.78, 5) is 26.3. The van der Waals surface area contributed by atoms with E-state index in [4.69, 9.17) is 4.74 Å². The van der Waals surface area contributed by atoms with E-state index in [2.05, 4.69) is 6.92 Å². The topological polar surface area (TPSA) is 46.6 Å². The summed E-state index contributed by atoms with van der Waals surface area (Å²) in [5.74, 6) is -2.56. The molecule has 0 aliphatic carbocycles. The van der Waals surface area contributed by atoms with Crippen molar-refractivity contribution in [3.05, 3.63) is 35.1 Å². The highest BCUT2D eigenvalue weighted by Crippen LogP contribution is 2.32. The van der Waals surface area contributed by atoms with Gasteiger partial charge < -0.3 is 9.64 Å². The van der Waals surface area contributed by atoms with Crippen molar-refractivity contribution in [3.8, 4) is 0 Å². The molecule has 192 valence electrons. The molecule has 34 heavy (non-hydrogen) atoms. The van der Waals surface area contributed by atoms with E-state index in [0.717, 1.165) is 25.3 Å². The van der Waals surface area contributed by atoms with Crippen molar-refractivity contribution < 1.29 is 31.9 Å². The Balaban J connectivity index is 1.62. The van der Waals surface area contributed by atoms with E-state index in [-0.39, 0.29) is 30.5 Å². The van der Waals surface area contributed by atoms with E-state index in [0.29, 0.717) is 31.6 Å². The second-order valence-electron chi connectivity index (χ2n) is 9.11. The lowest BCUT2D eigenvalue weighted by molar-refractivity contribution is -0.150. The first kappa shape index (κ1) is 28.1. The van der Waals surface area contributed by atoms with Crippen LogP contribution in [-0.2, 0) is 15.7 Å². The van der Waals surface area contributed by atoms with Crippen molar-refractivity contribution in [3.63, 3.8) is 0 Å². The fraction of sp³-hybridized carbons (Fsp3) is 0.692. The second kappa shape index (κ2) is 14.3. The number of benzene rings is 1. The quantitative estimate of drug-likeness (QED) is 0.168. The van der Waals surface area contributed by atoms with Crippen molar-refractivity contribution in [1.29, 1.82) is 0 Å². The van der Waals surface area contributed by atoms with Crippen LogP contribution in [0.4, 0.5) is 17.6 Å². The van der Waals surface area contributed by atoms with Crippen LogP contribution >= 0.6 is 0 Å². The number of rotatable bonds is 13. The molecule has 8 heteroatoms. The third kappa shape index (κ3) is 9.26. The van der Waals surface area contributed by atoms with Crippen LogP contribution in [0.2, 0.25) is 0 Å². The zero-order chi connectivity index (χ0) is 25.0. The summed E-state index contributed by atoms with van der Waals surface area (Å²) < 4.78 is 57.3. The van der Waals surface area contributed by atoms with Crippen LogP contribution in [0, 0.1) is 11.7 Å². The molecule has 0 spiro atoms. The molecule has 4 nitrogen and oxygen atoms in total. The molecule has 1 fully saturated rings. The van der Waals surface area contributed by atoms with E-state index < -0.39 is 23.5 Å². The molecular formula is C26H37F4NO3. The van der Waals surface area contributed by atoms with Gasteiger partial charge in [-0.2, -0.15) is 13.2 Å². The number of hydrogen-bond donors (Lipinski definition) is 0. The maximum Gasteiger partial charge on any atom is 0.419 e. The van der Waals surface area contributed by atoms with Gasteiger partial charge in [0.25, 0.3) is 5.91 Å². The van der Waals surface area contributed by atoms with E-state index in [9.17, 15) is 27.2 Å². The van der Waals surface area contributed by atoms with Gasteiger partial charge in [0, 0.05) is 18.7 Å². The lowest BCUT2D eigenvalue weighted by Gasteiger charge is -2.31. The number of ether oxygens (including phenoxy) is 1. The average molecular weight is 488 g/mol. The highest BCUT2D eigenvalue weighted by Gasteiger charge is 2.35. The molecule has 1 aromatic carbocycles. The SMILES string of the molecule is CCCCCCCCCCCCOC(=O)C1CCN(C(=O)c2ccc(C(F)(F)F)c(F)c2)CC1. The summed E-state index contributed by atoms with van der Waals surface area (Å²) >= 11 is 0. The van der Waals surface area contributed by atoms with Crippen LogP contribution in [0.25, 0.3) is 0 Å². The number of hydrogen-bond acceptors (Lipinski definition) is 3. The molecule has 0 N–H and O–H groups in total. The summed E-state index contributed by atoms with van der Waals surface area (Å²) in [6, 6.07) is 2.19. The highest BCUT2D eigenvalue weighted by atomic mass is 19.4. The Bertz CT molecular complexity index is 774. The number of amides is 1. The monoisotopic (exact) mass is 487 g/mol. The van der Waals surface area contributed by atoms with Crippen LogP contribution in [-0.4, -0.2) is 36.5 Å². The van der Waals surface area contributed by atoms with Gasteiger partial charge in [0.2, 0.25) is 0 Å². The summed E-state index contributed by atoms with van der Waals surface area (Å²) in [6.07, 6.45) is 8.08. The Morgan fingerprint density at radius 2 is 1.50 bits per heavy atom. The molecule has 0 bridgehead atoms. The zero-order valence-electron chi connectivity index (χ0n) is 20.1. The molecule has 1 aromatic rings. The van der Waals surface area contributed by atoms with Gasteiger partial charge in [0.1, 0.15) is 5.82 Å². The number of carbonyl (C=O) groups excluding carboxylic acids is 2. The van der Waals surface area contributed by atoms with Gasteiger partial charge in [-0.05, 0) is 37.5 Å². The number of halogens is 4.